The number of hydrogen-bond acceptors (Lipinski definition) is 3. The molecule has 1 aromatic rings. The second-order valence-electron chi connectivity index (χ2n) is 5.87. The van der Waals surface area contributed by atoms with Crippen molar-refractivity contribution >= 4 is 11.4 Å². The Labute approximate surface area is 117 Å². The smallest absolute Gasteiger partial charge is 0.0362 e. The monoisotopic (exact) mass is 261 g/mol. The third-order valence-electron chi connectivity index (χ3n) is 3.85. The Bertz CT molecular complexity index is 366. The van der Waals surface area contributed by atoms with E-state index in [1.807, 2.05) is 0 Å². The van der Waals surface area contributed by atoms with Gasteiger partial charge in [-0.25, -0.2) is 0 Å². The van der Waals surface area contributed by atoms with Crippen LogP contribution in [0.15, 0.2) is 24.3 Å². The minimum atomic E-state index is 0.515. The number of nitrogens with zero attached hydrogens (tertiary/aromatic N) is 1. The molecule has 3 heteroatoms. The van der Waals surface area contributed by atoms with Crippen LogP contribution in [0, 0.1) is 0 Å². The van der Waals surface area contributed by atoms with Gasteiger partial charge in [0.1, 0.15) is 0 Å². The van der Waals surface area contributed by atoms with Crippen molar-refractivity contribution in [1.29, 1.82) is 0 Å². The van der Waals surface area contributed by atoms with E-state index in [4.69, 9.17) is 0 Å². The van der Waals surface area contributed by atoms with Crippen molar-refractivity contribution in [2.24, 2.45) is 0 Å². The van der Waals surface area contributed by atoms with Crippen LogP contribution in [0.25, 0.3) is 0 Å². The van der Waals surface area contributed by atoms with Gasteiger partial charge in [0, 0.05) is 37.6 Å². The third kappa shape index (κ3) is 4.43. The van der Waals surface area contributed by atoms with E-state index in [1.54, 1.807) is 0 Å². The summed E-state index contributed by atoms with van der Waals surface area (Å²) >= 11 is 0. The molecule has 0 saturated carbocycles. The largest absolute Gasteiger partial charge is 0.383 e. The molecule has 2 unspecified atom stereocenters. The highest BCUT2D eigenvalue weighted by Crippen LogP contribution is 2.18. The maximum absolute atomic E-state index is 3.61. The maximum Gasteiger partial charge on any atom is 0.0362 e. The van der Waals surface area contributed by atoms with Crippen LogP contribution in [0.5, 0.6) is 0 Å². The predicted molar refractivity (Wildman–Crippen MR) is 84.1 cm³/mol. The van der Waals surface area contributed by atoms with E-state index >= 15 is 0 Å². The Kier molecular flexibility index (Phi) is 5.08. The van der Waals surface area contributed by atoms with E-state index in [0.29, 0.717) is 12.1 Å². The minimum absolute atomic E-state index is 0.515. The molecule has 1 aromatic carbocycles. The molecule has 0 aromatic heterocycles. The maximum atomic E-state index is 3.61. The summed E-state index contributed by atoms with van der Waals surface area (Å²) in [6.07, 6.45) is 5.24. The average Bonchev–Trinajstić information content (AvgIpc) is 2.40. The third-order valence-corrected chi connectivity index (χ3v) is 3.85. The molecule has 0 radical (unpaired) electrons. The lowest BCUT2D eigenvalue weighted by Gasteiger charge is -2.27. The summed E-state index contributed by atoms with van der Waals surface area (Å²) in [5, 5.41) is 7.21. The molecule has 2 N–H and O–H groups in total. The Morgan fingerprint density at radius 3 is 2.58 bits per heavy atom. The van der Waals surface area contributed by atoms with Gasteiger partial charge in [-0.05, 0) is 57.0 Å². The normalized spacial score (nSPS) is 20.9. The van der Waals surface area contributed by atoms with Crippen molar-refractivity contribution in [3.05, 3.63) is 24.3 Å². The molecular weight excluding hydrogens is 234 g/mol. The summed E-state index contributed by atoms with van der Waals surface area (Å²) in [5.74, 6) is 0. The summed E-state index contributed by atoms with van der Waals surface area (Å²) < 4.78 is 0. The molecular formula is C16H27N3. The SMILES string of the molecule is CC(CC1CCCCN1)Nc1ccc(N(C)C)cc1. The van der Waals surface area contributed by atoms with E-state index in [9.17, 15) is 0 Å². The molecule has 0 aliphatic carbocycles. The summed E-state index contributed by atoms with van der Waals surface area (Å²) in [6, 6.07) is 9.86. The lowest BCUT2D eigenvalue weighted by Crippen LogP contribution is -2.37. The van der Waals surface area contributed by atoms with Crippen LogP contribution in [0.3, 0.4) is 0 Å². The molecule has 3 nitrogen and oxygen atoms in total. The molecule has 1 saturated heterocycles. The molecule has 2 rings (SSSR count). The van der Waals surface area contributed by atoms with Gasteiger partial charge in [-0.3, -0.25) is 0 Å². The fourth-order valence-electron chi connectivity index (χ4n) is 2.75. The van der Waals surface area contributed by atoms with Crippen LogP contribution in [-0.2, 0) is 0 Å². The van der Waals surface area contributed by atoms with Crippen molar-refractivity contribution in [3.63, 3.8) is 0 Å². The highest BCUT2D eigenvalue weighted by Gasteiger charge is 2.15. The summed E-state index contributed by atoms with van der Waals surface area (Å²) in [6.45, 7) is 3.46. The van der Waals surface area contributed by atoms with E-state index in [1.165, 1.54) is 43.6 Å². The Hall–Kier alpha value is -1.22. The first-order valence-corrected chi connectivity index (χ1v) is 7.42. The van der Waals surface area contributed by atoms with Crippen LogP contribution in [0.1, 0.15) is 32.6 Å². The van der Waals surface area contributed by atoms with E-state index in [-0.39, 0.29) is 0 Å². The number of benzene rings is 1. The Balaban J connectivity index is 1.82. The van der Waals surface area contributed by atoms with Gasteiger partial charge in [-0.15, -0.1) is 0 Å². The zero-order valence-corrected chi connectivity index (χ0v) is 12.4. The van der Waals surface area contributed by atoms with Crippen molar-refractivity contribution in [3.8, 4) is 0 Å². The van der Waals surface area contributed by atoms with Crippen LogP contribution >= 0.6 is 0 Å². The second-order valence-corrected chi connectivity index (χ2v) is 5.87. The number of piperidine rings is 1. The van der Waals surface area contributed by atoms with Crippen LogP contribution < -0.4 is 15.5 Å². The van der Waals surface area contributed by atoms with Gasteiger partial charge in [0.15, 0.2) is 0 Å². The standard InChI is InChI=1S/C16H27N3/c1-13(12-15-6-4-5-11-17-15)18-14-7-9-16(10-8-14)19(2)3/h7-10,13,15,17-18H,4-6,11-12H2,1-3H3. The van der Waals surface area contributed by atoms with Crippen LogP contribution in [0.4, 0.5) is 11.4 Å². The highest BCUT2D eigenvalue weighted by molar-refractivity contribution is 5.54. The zero-order valence-electron chi connectivity index (χ0n) is 12.4. The number of hydrogen-bond donors (Lipinski definition) is 2. The molecule has 1 aliphatic heterocycles. The Morgan fingerprint density at radius 2 is 2.00 bits per heavy atom. The lowest BCUT2D eigenvalue weighted by atomic mass is 9.98. The van der Waals surface area contributed by atoms with E-state index in [0.717, 1.165) is 0 Å². The quantitative estimate of drug-likeness (QED) is 0.853. The van der Waals surface area contributed by atoms with Gasteiger partial charge >= 0.3 is 0 Å². The second kappa shape index (κ2) is 6.80. The molecule has 1 heterocycles. The molecule has 0 amide bonds. The van der Waals surface area contributed by atoms with Crippen LogP contribution in [0.2, 0.25) is 0 Å². The molecule has 1 aliphatic rings. The first-order valence-electron chi connectivity index (χ1n) is 7.42. The predicted octanol–water partition coefficient (Wildman–Crippen LogP) is 3.09. The van der Waals surface area contributed by atoms with Gasteiger partial charge in [0.2, 0.25) is 0 Å². The number of nitrogens with one attached hydrogen (secondary N) is 2. The zero-order chi connectivity index (χ0) is 13.7. The molecule has 19 heavy (non-hydrogen) atoms. The minimum Gasteiger partial charge on any atom is -0.383 e. The Morgan fingerprint density at radius 1 is 1.26 bits per heavy atom. The summed E-state index contributed by atoms with van der Waals surface area (Å²) in [7, 11) is 4.14. The highest BCUT2D eigenvalue weighted by atomic mass is 15.1. The van der Waals surface area contributed by atoms with E-state index in [2.05, 4.69) is 60.8 Å². The topological polar surface area (TPSA) is 27.3 Å². The summed E-state index contributed by atoms with van der Waals surface area (Å²) in [4.78, 5) is 2.12. The van der Waals surface area contributed by atoms with Crippen molar-refractivity contribution in [1.82, 2.24) is 5.32 Å². The van der Waals surface area contributed by atoms with Crippen molar-refractivity contribution < 1.29 is 0 Å². The van der Waals surface area contributed by atoms with Crippen molar-refractivity contribution in [2.75, 3.05) is 30.9 Å². The molecule has 0 spiro atoms. The average molecular weight is 261 g/mol. The lowest BCUT2D eigenvalue weighted by molar-refractivity contribution is 0.371. The van der Waals surface area contributed by atoms with E-state index < -0.39 is 0 Å². The van der Waals surface area contributed by atoms with Gasteiger partial charge < -0.3 is 15.5 Å². The fraction of sp³-hybridized carbons (Fsp3) is 0.625. The van der Waals surface area contributed by atoms with Gasteiger partial charge in [-0.1, -0.05) is 6.42 Å². The molecule has 2 atom stereocenters. The number of anilines is 2. The fourth-order valence-corrected chi connectivity index (χ4v) is 2.75. The first-order chi connectivity index (χ1) is 9.15. The molecule has 0 bridgehead atoms. The molecule has 1 fully saturated rings. The summed E-state index contributed by atoms with van der Waals surface area (Å²) in [5.41, 5.74) is 2.46. The van der Waals surface area contributed by atoms with Crippen LogP contribution in [-0.4, -0.2) is 32.7 Å². The van der Waals surface area contributed by atoms with Gasteiger partial charge in [0.05, 0.1) is 0 Å². The van der Waals surface area contributed by atoms with Crippen molar-refractivity contribution in [2.45, 2.75) is 44.7 Å². The van der Waals surface area contributed by atoms with Gasteiger partial charge in [-0.2, -0.15) is 0 Å². The first kappa shape index (κ1) is 14.2. The van der Waals surface area contributed by atoms with Gasteiger partial charge in [0.25, 0.3) is 0 Å². The molecule has 106 valence electrons. The number of rotatable bonds is 5.